The highest BCUT2D eigenvalue weighted by molar-refractivity contribution is 7.97. The van der Waals surface area contributed by atoms with E-state index in [9.17, 15) is 4.79 Å². The number of ether oxygens (including phenoxy) is 1. The topological polar surface area (TPSA) is 52.1 Å². The predicted octanol–water partition coefficient (Wildman–Crippen LogP) is 5.33. The Bertz CT molecular complexity index is 945. The molecule has 26 heavy (non-hydrogen) atoms. The summed E-state index contributed by atoms with van der Waals surface area (Å²) >= 11 is 15.9. The highest BCUT2D eigenvalue weighted by Crippen LogP contribution is 2.32. The molecule has 0 saturated carbocycles. The van der Waals surface area contributed by atoms with Crippen molar-refractivity contribution in [2.45, 2.75) is 6.61 Å². The van der Waals surface area contributed by atoms with Crippen molar-refractivity contribution in [2.24, 2.45) is 0 Å². The Hall–Kier alpha value is -1.92. The van der Waals surface area contributed by atoms with Crippen molar-refractivity contribution in [2.75, 3.05) is 7.11 Å². The molecule has 3 aromatic rings. The summed E-state index contributed by atoms with van der Waals surface area (Å²) in [6.45, 7) is 0.149. The van der Waals surface area contributed by atoms with Crippen molar-refractivity contribution < 1.29 is 9.53 Å². The standard InChI is InChI=1S/C19H14Cl2N2O2S/c1-25-10-15-18(19(24)26)23-17(12-4-8-14(21)9-5-12)16(22-15)11-2-6-13(20)7-3-11/h2-9H,10H2,1H3,(H,24,26). The molecule has 132 valence electrons. The summed E-state index contributed by atoms with van der Waals surface area (Å²) in [6, 6.07) is 14.4. The average molecular weight is 405 g/mol. The van der Waals surface area contributed by atoms with Gasteiger partial charge in [-0.25, -0.2) is 9.97 Å². The summed E-state index contributed by atoms with van der Waals surface area (Å²) in [5.74, 6) is 0. The van der Waals surface area contributed by atoms with Crippen LogP contribution < -0.4 is 0 Å². The number of methoxy groups -OCH3 is 1. The Morgan fingerprint density at radius 3 is 1.81 bits per heavy atom. The molecule has 0 aliphatic heterocycles. The molecule has 3 rings (SSSR count). The lowest BCUT2D eigenvalue weighted by atomic mass is 10.0. The van der Waals surface area contributed by atoms with E-state index in [0.29, 0.717) is 27.1 Å². The minimum atomic E-state index is -0.470. The summed E-state index contributed by atoms with van der Waals surface area (Å²) in [6.07, 6.45) is 0. The largest absolute Gasteiger partial charge is 0.378 e. The van der Waals surface area contributed by atoms with E-state index in [2.05, 4.69) is 22.6 Å². The first-order valence-corrected chi connectivity index (χ1v) is 8.85. The lowest BCUT2D eigenvalue weighted by Crippen LogP contribution is -2.09. The molecule has 0 aliphatic carbocycles. The Labute approximate surface area is 166 Å². The maximum Gasteiger partial charge on any atom is 0.236 e. The molecule has 1 aromatic heterocycles. The van der Waals surface area contributed by atoms with Gasteiger partial charge in [-0.2, -0.15) is 0 Å². The Kier molecular flexibility index (Phi) is 5.94. The molecule has 0 amide bonds. The van der Waals surface area contributed by atoms with E-state index >= 15 is 0 Å². The number of hydrogen-bond acceptors (Lipinski definition) is 4. The van der Waals surface area contributed by atoms with Gasteiger partial charge in [0.1, 0.15) is 5.69 Å². The monoisotopic (exact) mass is 404 g/mol. The lowest BCUT2D eigenvalue weighted by Gasteiger charge is -2.13. The van der Waals surface area contributed by atoms with Gasteiger partial charge in [0.15, 0.2) is 0 Å². The minimum absolute atomic E-state index is 0.149. The molecule has 0 saturated heterocycles. The molecule has 0 N–H and O–H groups in total. The first-order valence-electron chi connectivity index (χ1n) is 7.64. The van der Waals surface area contributed by atoms with Crippen molar-refractivity contribution in [1.29, 1.82) is 0 Å². The number of nitrogens with zero attached hydrogens (tertiary/aromatic N) is 2. The molecule has 4 nitrogen and oxygen atoms in total. The zero-order valence-corrected chi connectivity index (χ0v) is 16.1. The van der Waals surface area contributed by atoms with Crippen molar-refractivity contribution in [1.82, 2.24) is 9.97 Å². The number of hydrogen-bond donors (Lipinski definition) is 1. The molecule has 0 radical (unpaired) electrons. The molecule has 0 unspecified atom stereocenters. The van der Waals surface area contributed by atoms with Crippen LogP contribution in [0.15, 0.2) is 48.5 Å². The minimum Gasteiger partial charge on any atom is -0.378 e. The third-order valence-electron chi connectivity index (χ3n) is 3.69. The second-order valence-corrected chi connectivity index (χ2v) is 6.75. The fourth-order valence-electron chi connectivity index (χ4n) is 2.50. The third-order valence-corrected chi connectivity index (χ3v) is 4.40. The number of halogens is 2. The van der Waals surface area contributed by atoms with Crippen molar-refractivity contribution in [3.63, 3.8) is 0 Å². The van der Waals surface area contributed by atoms with Crippen LogP contribution in [0.25, 0.3) is 22.5 Å². The van der Waals surface area contributed by atoms with E-state index < -0.39 is 5.12 Å². The van der Waals surface area contributed by atoms with Gasteiger partial charge in [0.25, 0.3) is 0 Å². The fraction of sp³-hybridized carbons (Fsp3) is 0.105. The number of rotatable bonds is 5. The van der Waals surface area contributed by atoms with Crippen LogP contribution in [0.2, 0.25) is 10.0 Å². The Balaban J connectivity index is 2.27. The van der Waals surface area contributed by atoms with Crippen LogP contribution in [0.3, 0.4) is 0 Å². The molecule has 0 aliphatic rings. The number of thiol groups is 1. The second kappa shape index (κ2) is 8.18. The molecular formula is C19H14Cl2N2O2S. The number of carbonyl (C=O) groups excluding carboxylic acids is 1. The van der Waals surface area contributed by atoms with E-state index in [1.807, 2.05) is 24.3 Å². The Morgan fingerprint density at radius 2 is 1.38 bits per heavy atom. The zero-order valence-electron chi connectivity index (χ0n) is 13.7. The summed E-state index contributed by atoms with van der Waals surface area (Å²) in [4.78, 5) is 21.1. The maximum absolute atomic E-state index is 11.9. The van der Waals surface area contributed by atoms with Crippen LogP contribution in [-0.4, -0.2) is 22.2 Å². The first-order chi connectivity index (χ1) is 12.5. The van der Waals surface area contributed by atoms with Gasteiger partial charge in [0, 0.05) is 28.3 Å². The van der Waals surface area contributed by atoms with Crippen LogP contribution in [-0.2, 0) is 11.3 Å². The van der Waals surface area contributed by atoms with Gasteiger partial charge in [0.05, 0.1) is 23.7 Å². The van der Waals surface area contributed by atoms with Gasteiger partial charge < -0.3 is 4.74 Å². The number of carbonyl (C=O) groups is 1. The van der Waals surface area contributed by atoms with Crippen LogP contribution in [0.1, 0.15) is 16.2 Å². The second-order valence-electron chi connectivity index (χ2n) is 5.47. The molecule has 0 spiro atoms. The highest BCUT2D eigenvalue weighted by Gasteiger charge is 2.19. The number of aromatic nitrogens is 2. The third kappa shape index (κ3) is 4.07. The van der Waals surface area contributed by atoms with Crippen LogP contribution in [0.5, 0.6) is 0 Å². The lowest BCUT2D eigenvalue weighted by molar-refractivity contribution is 0.108. The van der Waals surface area contributed by atoms with Crippen molar-refractivity contribution in [3.05, 3.63) is 70.0 Å². The van der Waals surface area contributed by atoms with E-state index in [-0.39, 0.29) is 12.3 Å². The maximum atomic E-state index is 11.9. The predicted molar refractivity (Wildman–Crippen MR) is 107 cm³/mol. The normalized spacial score (nSPS) is 10.8. The molecule has 0 bridgehead atoms. The SMILES string of the molecule is COCc1nc(-c2ccc(Cl)cc2)c(-c2ccc(Cl)cc2)nc1C(=O)S. The van der Waals surface area contributed by atoms with E-state index in [0.717, 1.165) is 11.1 Å². The summed E-state index contributed by atoms with van der Waals surface area (Å²) in [5.41, 5.74) is 3.37. The highest BCUT2D eigenvalue weighted by atomic mass is 35.5. The molecule has 0 fully saturated rings. The molecule has 7 heteroatoms. The van der Waals surface area contributed by atoms with Gasteiger partial charge in [-0.05, 0) is 24.3 Å². The van der Waals surface area contributed by atoms with Gasteiger partial charge in [0.2, 0.25) is 5.12 Å². The Morgan fingerprint density at radius 1 is 0.923 bits per heavy atom. The summed E-state index contributed by atoms with van der Waals surface area (Å²) in [5, 5.41) is 0.757. The average Bonchev–Trinajstić information content (AvgIpc) is 2.63. The van der Waals surface area contributed by atoms with Gasteiger partial charge in [-0.15, -0.1) is 0 Å². The summed E-state index contributed by atoms with van der Waals surface area (Å²) in [7, 11) is 1.53. The van der Waals surface area contributed by atoms with Crippen molar-refractivity contribution in [3.8, 4) is 22.5 Å². The van der Waals surface area contributed by atoms with E-state index in [4.69, 9.17) is 27.9 Å². The molecule has 2 aromatic carbocycles. The molecule has 0 atom stereocenters. The zero-order chi connectivity index (χ0) is 18.7. The van der Waals surface area contributed by atoms with Crippen LogP contribution in [0.4, 0.5) is 0 Å². The number of benzene rings is 2. The smallest absolute Gasteiger partial charge is 0.236 e. The first kappa shape index (κ1) is 18.9. The van der Waals surface area contributed by atoms with Crippen LogP contribution in [0, 0.1) is 0 Å². The van der Waals surface area contributed by atoms with Gasteiger partial charge in [-0.1, -0.05) is 60.1 Å². The molecule has 1 heterocycles. The van der Waals surface area contributed by atoms with Gasteiger partial charge in [-0.3, -0.25) is 4.79 Å². The quantitative estimate of drug-likeness (QED) is 0.583. The van der Waals surface area contributed by atoms with Crippen molar-refractivity contribution >= 4 is 40.9 Å². The fourth-order valence-corrected chi connectivity index (χ4v) is 2.93. The van der Waals surface area contributed by atoms with E-state index in [1.165, 1.54) is 7.11 Å². The van der Waals surface area contributed by atoms with Crippen LogP contribution >= 0.6 is 35.8 Å². The molecular weight excluding hydrogens is 391 g/mol. The van der Waals surface area contributed by atoms with Gasteiger partial charge >= 0.3 is 0 Å². The summed E-state index contributed by atoms with van der Waals surface area (Å²) < 4.78 is 5.16. The van der Waals surface area contributed by atoms with E-state index in [1.54, 1.807) is 24.3 Å².